The molecular formula is C18H22FNO. The van der Waals surface area contributed by atoms with Crippen molar-refractivity contribution in [3.8, 4) is 0 Å². The van der Waals surface area contributed by atoms with Crippen LogP contribution in [0.1, 0.15) is 43.7 Å². The normalized spacial score (nSPS) is 20.0. The van der Waals surface area contributed by atoms with Crippen LogP contribution in [0.15, 0.2) is 23.8 Å². The van der Waals surface area contributed by atoms with Crippen LogP contribution in [-0.2, 0) is 11.2 Å². The molecule has 21 heavy (non-hydrogen) atoms. The third-order valence-electron chi connectivity index (χ3n) is 4.88. The number of nitrogens with one attached hydrogen (secondary N) is 1. The Morgan fingerprint density at radius 1 is 1.33 bits per heavy atom. The minimum atomic E-state index is -0.233. The zero-order valence-electron chi connectivity index (χ0n) is 12.5. The summed E-state index contributed by atoms with van der Waals surface area (Å²) < 4.78 is 13.3. The molecule has 1 aliphatic heterocycles. The van der Waals surface area contributed by atoms with Crippen LogP contribution in [0.4, 0.5) is 4.39 Å². The first kappa shape index (κ1) is 14.5. The number of carbonyl (C=O) groups is 1. The highest BCUT2D eigenvalue weighted by atomic mass is 19.1. The van der Waals surface area contributed by atoms with E-state index in [1.54, 1.807) is 6.07 Å². The molecule has 0 amide bonds. The molecule has 0 aromatic heterocycles. The predicted molar refractivity (Wildman–Crippen MR) is 82.5 cm³/mol. The zero-order chi connectivity index (χ0) is 14.9. The summed E-state index contributed by atoms with van der Waals surface area (Å²) in [5.74, 6) is 0.0614. The number of carbonyl (C=O) groups excluding carboxylic acids is 1. The van der Waals surface area contributed by atoms with Crippen LogP contribution in [-0.4, -0.2) is 18.9 Å². The SMILES string of the molecule is CCCC1(C(=O)C2=Cc3cc(F)ccc3C2)CCNCC1. The molecule has 0 saturated carbocycles. The Balaban J connectivity index is 1.86. The molecule has 0 bridgehead atoms. The number of hydrogen-bond donors (Lipinski definition) is 1. The summed E-state index contributed by atoms with van der Waals surface area (Å²) in [5, 5.41) is 3.35. The molecule has 0 atom stereocenters. The molecule has 1 fully saturated rings. The van der Waals surface area contributed by atoms with E-state index in [-0.39, 0.29) is 11.2 Å². The smallest absolute Gasteiger partial charge is 0.165 e. The van der Waals surface area contributed by atoms with E-state index < -0.39 is 0 Å². The number of piperidine rings is 1. The summed E-state index contributed by atoms with van der Waals surface area (Å²) in [6, 6.07) is 4.81. The maximum Gasteiger partial charge on any atom is 0.165 e. The summed E-state index contributed by atoms with van der Waals surface area (Å²) in [7, 11) is 0. The van der Waals surface area contributed by atoms with E-state index in [9.17, 15) is 9.18 Å². The van der Waals surface area contributed by atoms with Gasteiger partial charge in [-0.15, -0.1) is 0 Å². The Labute approximate surface area is 125 Å². The topological polar surface area (TPSA) is 29.1 Å². The minimum Gasteiger partial charge on any atom is -0.317 e. The third kappa shape index (κ3) is 2.67. The van der Waals surface area contributed by atoms with E-state index in [2.05, 4.69) is 12.2 Å². The van der Waals surface area contributed by atoms with Gasteiger partial charge in [-0.3, -0.25) is 4.79 Å². The van der Waals surface area contributed by atoms with Gasteiger partial charge in [-0.2, -0.15) is 0 Å². The van der Waals surface area contributed by atoms with E-state index >= 15 is 0 Å². The van der Waals surface area contributed by atoms with Gasteiger partial charge >= 0.3 is 0 Å². The van der Waals surface area contributed by atoms with E-state index in [1.165, 1.54) is 12.1 Å². The van der Waals surface area contributed by atoms with Crippen molar-refractivity contribution in [1.29, 1.82) is 0 Å². The van der Waals surface area contributed by atoms with Gasteiger partial charge in [0.2, 0.25) is 0 Å². The maximum absolute atomic E-state index is 13.3. The van der Waals surface area contributed by atoms with Crippen molar-refractivity contribution in [2.45, 2.75) is 39.0 Å². The summed E-state index contributed by atoms with van der Waals surface area (Å²) >= 11 is 0. The summed E-state index contributed by atoms with van der Waals surface area (Å²) in [6.07, 6.45) is 6.38. The first-order valence-corrected chi connectivity index (χ1v) is 7.89. The van der Waals surface area contributed by atoms with Gasteiger partial charge in [-0.25, -0.2) is 4.39 Å². The molecule has 1 saturated heterocycles. The molecule has 2 aliphatic rings. The fraction of sp³-hybridized carbons (Fsp3) is 0.500. The van der Waals surface area contributed by atoms with Crippen LogP contribution < -0.4 is 5.32 Å². The second-order valence-corrected chi connectivity index (χ2v) is 6.30. The van der Waals surface area contributed by atoms with Gasteiger partial charge in [0.15, 0.2) is 5.78 Å². The number of benzene rings is 1. The fourth-order valence-electron chi connectivity index (χ4n) is 3.77. The molecule has 1 aliphatic carbocycles. The predicted octanol–water partition coefficient (Wildman–Crippen LogP) is 3.50. The van der Waals surface area contributed by atoms with Gasteiger partial charge < -0.3 is 5.32 Å². The molecule has 2 nitrogen and oxygen atoms in total. The molecule has 3 heteroatoms. The average molecular weight is 287 g/mol. The van der Waals surface area contributed by atoms with Gasteiger partial charge in [0, 0.05) is 17.4 Å². The van der Waals surface area contributed by atoms with Crippen molar-refractivity contribution in [3.05, 3.63) is 40.7 Å². The lowest BCUT2D eigenvalue weighted by Crippen LogP contribution is -2.42. The highest BCUT2D eigenvalue weighted by Crippen LogP contribution is 2.40. The van der Waals surface area contributed by atoms with Crippen LogP contribution in [0.3, 0.4) is 0 Å². The number of rotatable bonds is 4. The Morgan fingerprint density at radius 2 is 2.10 bits per heavy atom. The van der Waals surface area contributed by atoms with Crippen LogP contribution >= 0.6 is 0 Å². The molecule has 1 N–H and O–H groups in total. The Bertz CT molecular complexity index is 579. The fourth-order valence-corrected chi connectivity index (χ4v) is 3.77. The van der Waals surface area contributed by atoms with E-state index in [1.807, 2.05) is 6.08 Å². The molecular weight excluding hydrogens is 265 g/mol. The number of halogens is 1. The summed E-state index contributed by atoms with van der Waals surface area (Å²) in [5.41, 5.74) is 2.61. The van der Waals surface area contributed by atoms with Gasteiger partial charge in [0.25, 0.3) is 0 Å². The number of allylic oxidation sites excluding steroid dienone is 1. The van der Waals surface area contributed by atoms with Gasteiger partial charge in [0.05, 0.1) is 0 Å². The highest BCUT2D eigenvalue weighted by molar-refractivity contribution is 6.05. The van der Waals surface area contributed by atoms with E-state index in [0.717, 1.165) is 55.5 Å². The highest BCUT2D eigenvalue weighted by Gasteiger charge is 2.40. The van der Waals surface area contributed by atoms with E-state index in [4.69, 9.17) is 0 Å². The summed E-state index contributed by atoms with van der Waals surface area (Å²) in [6.45, 7) is 3.98. The first-order chi connectivity index (χ1) is 10.1. The average Bonchev–Trinajstić information content (AvgIpc) is 2.90. The number of fused-ring (bicyclic) bond motifs is 1. The largest absolute Gasteiger partial charge is 0.317 e. The number of hydrogen-bond acceptors (Lipinski definition) is 2. The second-order valence-electron chi connectivity index (χ2n) is 6.30. The number of ketones is 1. The molecule has 1 aromatic carbocycles. The van der Waals surface area contributed by atoms with Gasteiger partial charge in [0.1, 0.15) is 5.82 Å². The molecule has 1 aromatic rings. The molecule has 112 valence electrons. The van der Waals surface area contributed by atoms with Crippen LogP contribution in [0.2, 0.25) is 0 Å². The second kappa shape index (κ2) is 5.72. The molecule has 0 spiro atoms. The lowest BCUT2D eigenvalue weighted by atomic mass is 9.70. The molecule has 1 heterocycles. The van der Waals surface area contributed by atoms with Crippen LogP contribution in [0.25, 0.3) is 6.08 Å². The standard InChI is InChI=1S/C18H22FNO/c1-2-5-18(6-8-20-9-7-18)17(21)15-10-13-3-4-16(19)12-14(13)11-15/h3-4,11-12,20H,2,5-10H2,1H3. The van der Waals surface area contributed by atoms with Crippen molar-refractivity contribution in [2.75, 3.05) is 13.1 Å². The lowest BCUT2D eigenvalue weighted by molar-refractivity contribution is -0.126. The van der Waals surface area contributed by atoms with Crippen molar-refractivity contribution >= 4 is 11.9 Å². The lowest BCUT2D eigenvalue weighted by Gasteiger charge is -2.36. The zero-order valence-corrected chi connectivity index (χ0v) is 12.5. The van der Waals surface area contributed by atoms with Crippen molar-refractivity contribution in [1.82, 2.24) is 5.32 Å². The van der Waals surface area contributed by atoms with Crippen LogP contribution in [0, 0.1) is 11.2 Å². The van der Waals surface area contributed by atoms with E-state index in [0.29, 0.717) is 12.2 Å². The van der Waals surface area contributed by atoms with Gasteiger partial charge in [-0.1, -0.05) is 19.4 Å². The monoisotopic (exact) mass is 287 g/mol. The first-order valence-electron chi connectivity index (χ1n) is 7.89. The minimum absolute atomic E-state index is 0.202. The molecule has 0 radical (unpaired) electrons. The van der Waals surface area contributed by atoms with Crippen LogP contribution in [0.5, 0.6) is 0 Å². The Morgan fingerprint density at radius 3 is 2.81 bits per heavy atom. The molecule has 0 unspecified atom stereocenters. The summed E-state index contributed by atoms with van der Waals surface area (Å²) in [4.78, 5) is 13.1. The van der Waals surface area contributed by atoms with Gasteiger partial charge in [-0.05, 0) is 61.7 Å². The Hall–Kier alpha value is -1.48. The molecule has 3 rings (SSSR count). The quantitative estimate of drug-likeness (QED) is 0.918. The number of Topliss-reactive ketones (excluding diaryl/α,β-unsaturated/α-hetero) is 1. The maximum atomic E-state index is 13.3. The Kier molecular flexibility index (Phi) is 3.94. The van der Waals surface area contributed by atoms with Crippen molar-refractivity contribution < 1.29 is 9.18 Å². The van der Waals surface area contributed by atoms with Crippen molar-refractivity contribution in [2.24, 2.45) is 5.41 Å². The van der Waals surface area contributed by atoms with Crippen molar-refractivity contribution in [3.63, 3.8) is 0 Å². The third-order valence-corrected chi connectivity index (χ3v) is 4.88.